The van der Waals surface area contributed by atoms with Crippen LogP contribution in [-0.4, -0.2) is 18.2 Å². The molecule has 0 amide bonds. The van der Waals surface area contributed by atoms with Crippen LogP contribution < -0.4 is 5.73 Å². The second-order valence-electron chi connectivity index (χ2n) is 2.77. The Morgan fingerprint density at radius 1 is 1.38 bits per heavy atom. The van der Waals surface area contributed by atoms with Gasteiger partial charge in [-0.05, 0) is 6.92 Å². The molecule has 0 saturated heterocycles. The summed E-state index contributed by atoms with van der Waals surface area (Å²) in [6.07, 6.45) is 0. The van der Waals surface area contributed by atoms with Crippen molar-refractivity contribution < 1.29 is 4.79 Å². The first-order chi connectivity index (χ1) is 6.20. The van der Waals surface area contributed by atoms with Crippen LogP contribution in [-0.2, 0) is 4.79 Å². The SMILES string of the molecule is CC(=O)CN=C(N)c1ccccc1. The Morgan fingerprint density at radius 2 is 2.00 bits per heavy atom. The highest BCUT2D eigenvalue weighted by Gasteiger charge is 1.96. The molecular formula is C10H12N2O. The van der Waals surface area contributed by atoms with Gasteiger partial charge in [0.1, 0.15) is 5.84 Å². The summed E-state index contributed by atoms with van der Waals surface area (Å²) in [4.78, 5) is 14.6. The lowest BCUT2D eigenvalue weighted by Gasteiger charge is -1.98. The van der Waals surface area contributed by atoms with E-state index in [0.717, 1.165) is 5.56 Å². The Kier molecular flexibility index (Phi) is 3.20. The van der Waals surface area contributed by atoms with Gasteiger partial charge in [0.25, 0.3) is 0 Å². The number of carbonyl (C=O) groups excluding carboxylic acids is 1. The van der Waals surface area contributed by atoms with E-state index >= 15 is 0 Å². The van der Waals surface area contributed by atoms with E-state index in [1.165, 1.54) is 6.92 Å². The Labute approximate surface area is 77.3 Å². The third-order valence-corrected chi connectivity index (χ3v) is 1.54. The minimum atomic E-state index is 0.0129. The van der Waals surface area contributed by atoms with Crippen LogP contribution in [0.25, 0.3) is 0 Å². The van der Waals surface area contributed by atoms with Gasteiger partial charge in [0, 0.05) is 5.56 Å². The fourth-order valence-corrected chi connectivity index (χ4v) is 0.897. The van der Waals surface area contributed by atoms with Gasteiger partial charge in [-0.25, -0.2) is 0 Å². The minimum absolute atomic E-state index is 0.0129. The zero-order valence-corrected chi connectivity index (χ0v) is 7.53. The van der Waals surface area contributed by atoms with E-state index in [1.54, 1.807) is 0 Å². The topological polar surface area (TPSA) is 55.5 Å². The van der Waals surface area contributed by atoms with Crippen molar-refractivity contribution in [1.82, 2.24) is 0 Å². The van der Waals surface area contributed by atoms with Crippen molar-refractivity contribution >= 4 is 11.6 Å². The Bertz CT molecular complexity index is 317. The van der Waals surface area contributed by atoms with Crippen LogP contribution in [0.3, 0.4) is 0 Å². The molecule has 0 aromatic heterocycles. The van der Waals surface area contributed by atoms with Gasteiger partial charge in [-0.1, -0.05) is 30.3 Å². The van der Waals surface area contributed by atoms with Crippen molar-refractivity contribution in [2.45, 2.75) is 6.92 Å². The molecule has 0 aliphatic carbocycles. The molecule has 0 bridgehead atoms. The van der Waals surface area contributed by atoms with Crippen molar-refractivity contribution in [2.75, 3.05) is 6.54 Å². The first-order valence-electron chi connectivity index (χ1n) is 4.05. The number of nitrogens with zero attached hydrogens (tertiary/aromatic N) is 1. The van der Waals surface area contributed by atoms with Crippen LogP contribution in [0.5, 0.6) is 0 Å². The molecule has 0 unspecified atom stereocenters. The van der Waals surface area contributed by atoms with Gasteiger partial charge >= 0.3 is 0 Å². The molecule has 1 aromatic rings. The Balaban J connectivity index is 2.73. The maximum atomic E-state index is 10.6. The molecule has 0 saturated carbocycles. The number of aliphatic imine (C=N–C) groups is 1. The van der Waals surface area contributed by atoms with E-state index in [2.05, 4.69) is 4.99 Å². The van der Waals surface area contributed by atoms with Crippen molar-refractivity contribution in [1.29, 1.82) is 0 Å². The molecule has 2 N–H and O–H groups in total. The number of nitrogens with two attached hydrogens (primary N) is 1. The highest BCUT2D eigenvalue weighted by atomic mass is 16.1. The molecule has 0 heterocycles. The highest BCUT2D eigenvalue weighted by molar-refractivity contribution is 5.98. The van der Waals surface area contributed by atoms with Crippen LogP contribution in [0.1, 0.15) is 12.5 Å². The first-order valence-corrected chi connectivity index (χ1v) is 4.05. The summed E-state index contributed by atoms with van der Waals surface area (Å²) in [5, 5.41) is 0. The Hall–Kier alpha value is -1.64. The number of rotatable bonds is 3. The summed E-state index contributed by atoms with van der Waals surface area (Å²) >= 11 is 0. The maximum absolute atomic E-state index is 10.6. The third-order valence-electron chi connectivity index (χ3n) is 1.54. The van der Waals surface area contributed by atoms with Gasteiger partial charge in [0.15, 0.2) is 5.78 Å². The normalized spacial score (nSPS) is 11.3. The second kappa shape index (κ2) is 4.40. The molecule has 1 rings (SSSR count). The van der Waals surface area contributed by atoms with E-state index in [9.17, 15) is 4.79 Å². The smallest absolute Gasteiger partial charge is 0.151 e. The monoisotopic (exact) mass is 176 g/mol. The number of benzene rings is 1. The van der Waals surface area contributed by atoms with Gasteiger partial charge in [0.2, 0.25) is 0 Å². The van der Waals surface area contributed by atoms with Crippen molar-refractivity contribution in [2.24, 2.45) is 10.7 Å². The second-order valence-corrected chi connectivity index (χ2v) is 2.77. The average Bonchev–Trinajstić information content (AvgIpc) is 2.15. The minimum Gasteiger partial charge on any atom is -0.383 e. The Morgan fingerprint density at radius 3 is 2.54 bits per heavy atom. The lowest BCUT2D eigenvalue weighted by atomic mass is 10.2. The molecule has 0 atom stereocenters. The molecule has 1 aromatic carbocycles. The van der Waals surface area contributed by atoms with Crippen LogP contribution in [0.4, 0.5) is 0 Å². The van der Waals surface area contributed by atoms with Gasteiger partial charge in [-0.2, -0.15) is 0 Å². The lowest BCUT2D eigenvalue weighted by molar-refractivity contribution is -0.115. The standard InChI is InChI=1S/C10H12N2O/c1-8(13)7-12-10(11)9-5-3-2-4-6-9/h2-6H,7H2,1H3,(H2,11,12). The van der Waals surface area contributed by atoms with Gasteiger partial charge < -0.3 is 5.73 Å². The van der Waals surface area contributed by atoms with Crippen LogP contribution >= 0.6 is 0 Å². The van der Waals surface area contributed by atoms with E-state index in [4.69, 9.17) is 5.73 Å². The van der Waals surface area contributed by atoms with Crippen LogP contribution in [0.15, 0.2) is 35.3 Å². The number of carbonyl (C=O) groups is 1. The maximum Gasteiger partial charge on any atom is 0.151 e. The van der Waals surface area contributed by atoms with E-state index in [0.29, 0.717) is 5.84 Å². The van der Waals surface area contributed by atoms with E-state index in [-0.39, 0.29) is 12.3 Å². The molecule has 0 spiro atoms. The fraction of sp³-hybridized carbons (Fsp3) is 0.200. The summed E-state index contributed by atoms with van der Waals surface area (Å²) < 4.78 is 0. The number of hydrogen-bond acceptors (Lipinski definition) is 2. The molecule has 0 aliphatic rings. The first kappa shape index (κ1) is 9.45. The van der Waals surface area contributed by atoms with Crippen molar-refractivity contribution in [3.63, 3.8) is 0 Å². The quantitative estimate of drug-likeness (QED) is 0.551. The predicted molar refractivity (Wildman–Crippen MR) is 52.7 cm³/mol. The van der Waals surface area contributed by atoms with E-state index < -0.39 is 0 Å². The molecule has 0 aliphatic heterocycles. The van der Waals surface area contributed by atoms with Crippen molar-refractivity contribution in [3.8, 4) is 0 Å². The number of Topliss-reactive ketones (excluding diaryl/α,β-unsaturated/α-hetero) is 1. The number of amidine groups is 1. The van der Waals surface area contributed by atoms with Crippen LogP contribution in [0.2, 0.25) is 0 Å². The average molecular weight is 176 g/mol. The molecule has 3 nitrogen and oxygen atoms in total. The van der Waals surface area contributed by atoms with E-state index in [1.807, 2.05) is 30.3 Å². The van der Waals surface area contributed by atoms with Gasteiger partial charge in [-0.15, -0.1) is 0 Å². The molecule has 0 radical (unpaired) electrons. The largest absolute Gasteiger partial charge is 0.383 e. The molecule has 3 heteroatoms. The third kappa shape index (κ3) is 3.07. The summed E-state index contributed by atoms with van der Waals surface area (Å²) in [7, 11) is 0. The summed E-state index contributed by atoms with van der Waals surface area (Å²) in [6.45, 7) is 1.64. The molecule has 0 fully saturated rings. The fourth-order valence-electron chi connectivity index (χ4n) is 0.897. The van der Waals surface area contributed by atoms with Gasteiger partial charge in [-0.3, -0.25) is 9.79 Å². The molecule has 68 valence electrons. The summed E-state index contributed by atoms with van der Waals surface area (Å²) in [5.74, 6) is 0.426. The van der Waals surface area contributed by atoms with Gasteiger partial charge in [0.05, 0.1) is 6.54 Å². The highest BCUT2D eigenvalue weighted by Crippen LogP contribution is 1.97. The summed E-state index contributed by atoms with van der Waals surface area (Å²) in [6, 6.07) is 9.39. The van der Waals surface area contributed by atoms with Crippen LogP contribution in [0, 0.1) is 0 Å². The summed E-state index contributed by atoms with van der Waals surface area (Å²) in [5.41, 5.74) is 6.49. The zero-order chi connectivity index (χ0) is 9.68. The number of ketones is 1. The lowest BCUT2D eigenvalue weighted by Crippen LogP contribution is -2.15. The molecule has 13 heavy (non-hydrogen) atoms. The predicted octanol–water partition coefficient (Wildman–Crippen LogP) is 0.981. The molecular weight excluding hydrogens is 164 g/mol. The zero-order valence-electron chi connectivity index (χ0n) is 7.53. The van der Waals surface area contributed by atoms with Crippen molar-refractivity contribution in [3.05, 3.63) is 35.9 Å². The number of hydrogen-bond donors (Lipinski definition) is 1.